The van der Waals surface area contributed by atoms with Crippen LogP contribution in [0.3, 0.4) is 0 Å². The molecule has 18 heavy (non-hydrogen) atoms. The molecule has 0 saturated heterocycles. The van der Waals surface area contributed by atoms with Crippen LogP contribution in [0, 0.1) is 5.82 Å². The van der Waals surface area contributed by atoms with Crippen molar-refractivity contribution in [2.75, 3.05) is 19.8 Å². The van der Waals surface area contributed by atoms with Gasteiger partial charge in [0.15, 0.2) is 11.6 Å². The van der Waals surface area contributed by atoms with Crippen molar-refractivity contribution in [3.05, 3.63) is 24.0 Å². The topological polar surface area (TPSA) is 18.5 Å². The van der Waals surface area contributed by atoms with Gasteiger partial charge in [-0.25, -0.2) is 4.39 Å². The summed E-state index contributed by atoms with van der Waals surface area (Å²) in [5.74, 6) is -1.22. The first-order chi connectivity index (χ1) is 7.95. The van der Waals surface area contributed by atoms with Gasteiger partial charge in [0.1, 0.15) is 6.61 Å². The van der Waals surface area contributed by atoms with E-state index in [0.717, 1.165) is 6.07 Å². The van der Waals surface area contributed by atoms with E-state index in [1.165, 1.54) is 0 Å². The standard InChI is InChI=1S/C10H12BF4O2.K/c1-2-16-5-6-17-10-7-8(11(13,14)15)3-4-9(10)12;/h3-4,7H,2,5-6H2,1H3;/q-1;+1. The Kier molecular flexibility index (Phi) is 8.74. The molecule has 1 rings (SSSR count). The van der Waals surface area contributed by atoms with E-state index in [2.05, 4.69) is 0 Å². The number of hydrogen-bond donors (Lipinski definition) is 0. The average molecular weight is 290 g/mol. The van der Waals surface area contributed by atoms with E-state index >= 15 is 0 Å². The molecular weight excluding hydrogens is 278 g/mol. The van der Waals surface area contributed by atoms with Crippen LogP contribution in [0.25, 0.3) is 0 Å². The second-order valence-electron chi connectivity index (χ2n) is 3.31. The third kappa shape index (κ3) is 6.03. The summed E-state index contributed by atoms with van der Waals surface area (Å²) in [6.45, 7) is -2.68. The minimum Gasteiger partial charge on any atom is -0.488 e. The van der Waals surface area contributed by atoms with Gasteiger partial charge in [0, 0.05) is 6.61 Å². The number of benzene rings is 1. The third-order valence-corrected chi connectivity index (χ3v) is 2.02. The van der Waals surface area contributed by atoms with Crippen molar-refractivity contribution in [3.8, 4) is 5.75 Å². The molecule has 1 aromatic rings. The molecule has 0 aliphatic rings. The summed E-state index contributed by atoms with van der Waals surface area (Å²) in [5, 5.41) is 0. The Morgan fingerprint density at radius 3 is 2.39 bits per heavy atom. The Hall–Kier alpha value is 0.401. The van der Waals surface area contributed by atoms with Gasteiger partial charge in [-0.2, -0.15) is 0 Å². The normalized spacial score (nSPS) is 10.9. The smallest absolute Gasteiger partial charge is 0.488 e. The largest absolute Gasteiger partial charge is 1.00 e. The summed E-state index contributed by atoms with van der Waals surface area (Å²) in [6.07, 6.45) is 0. The zero-order chi connectivity index (χ0) is 12.9. The molecule has 0 aliphatic heterocycles. The summed E-state index contributed by atoms with van der Waals surface area (Å²) < 4.78 is 60.2. The molecule has 2 nitrogen and oxygen atoms in total. The molecule has 0 aliphatic carbocycles. The molecule has 0 N–H and O–H groups in total. The van der Waals surface area contributed by atoms with Crippen LogP contribution >= 0.6 is 0 Å². The van der Waals surface area contributed by atoms with Gasteiger partial charge in [0.05, 0.1) is 6.61 Å². The van der Waals surface area contributed by atoms with E-state index < -0.39 is 24.0 Å². The van der Waals surface area contributed by atoms with Crippen LogP contribution in [0.4, 0.5) is 17.3 Å². The first kappa shape index (κ1) is 18.4. The molecule has 0 unspecified atom stereocenters. The van der Waals surface area contributed by atoms with Crippen molar-refractivity contribution in [2.24, 2.45) is 0 Å². The Bertz CT molecular complexity index is 373. The minimum atomic E-state index is -5.14. The fraction of sp³-hybridized carbons (Fsp3) is 0.400. The van der Waals surface area contributed by atoms with Crippen LogP contribution in [-0.2, 0) is 4.74 Å². The predicted molar refractivity (Wildman–Crippen MR) is 57.1 cm³/mol. The van der Waals surface area contributed by atoms with E-state index in [9.17, 15) is 17.3 Å². The van der Waals surface area contributed by atoms with E-state index in [0.29, 0.717) is 18.7 Å². The Balaban J connectivity index is 0.00000289. The monoisotopic (exact) mass is 290 g/mol. The van der Waals surface area contributed by atoms with Crippen LogP contribution in [0.2, 0.25) is 0 Å². The Morgan fingerprint density at radius 2 is 1.83 bits per heavy atom. The maximum Gasteiger partial charge on any atom is 1.00 e. The first-order valence-electron chi connectivity index (χ1n) is 5.15. The van der Waals surface area contributed by atoms with Gasteiger partial charge in [-0.15, -0.1) is 5.46 Å². The van der Waals surface area contributed by atoms with E-state index in [-0.39, 0.29) is 64.6 Å². The summed E-state index contributed by atoms with van der Waals surface area (Å²) in [6, 6.07) is 2.12. The van der Waals surface area contributed by atoms with E-state index in [1.54, 1.807) is 6.92 Å². The molecule has 0 saturated carbocycles. The minimum absolute atomic E-state index is 0. The molecule has 1 aromatic carbocycles. The molecule has 0 aromatic heterocycles. The summed E-state index contributed by atoms with van der Waals surface area (Å²) in [4.78, 5) is 0. The Morgan fingerprint density at radius 1 is 1.17 bits per heavy atom. The van der Waals surface area contributed by atoms with E-state index in [4.69, 9.17) is 9.47 Å². The molecule has 0 atom stereocenters. The molecule has 8 heteroatoms. The number of rotatable bonds is 6. The first-order valence-corrected chi connectivity index (χ1v) is 5.15. The number of halogens is 4. The van der Waals surface area contributed by atoms with Crippen molar-refractivity contribution in [1.82, 2.24) is 0 Å². The zero-order valence-electron chi connectivity index (χ0n) is 10.3. The molecule has 0 fully saturated rings. The van der Waals surface area contributed by atoms with Crippen molar-refractivity contribution in [2.45, 2.75) is 6.92 Å². The second-order valence-corrected chi connectivity index (χ2v) is 3.31. The quantitative estimate of drug-likeness (QED) is 0.392. The summed E-state index contributed by atoms with van der Waals surface area (Å²) >= 11 is 0. The van der Waals surface area contributed by atoms with Gasteiger partial charge in [0.25, 0.3) is 0 Å². The van der Waals surface area contributed by atoms with Crippen LogP contribution < -0.4 is 61.6 Å². The fourth-order valence-electron chi connectivity index (χ4n) is 1.19. The van der Waals surface area contributed by atoms with Gasteiger partial charge in [0.2, 0.25) is 0 Å². The van der Waals surface area contributed by atoms with Gasteiger partial charge in [-0.05, 0) is 19.1 Å². The van der Waals surface area contributed by atoms with Gasteiger partial charge >= 0.3 is 58.4 Å². The summed E-state index contributed by atoms with van der Waals surface area (Å²) in [7, 11) is 0. The van der Waals surface area contributed by atoms with Crippen molar-refractivity contribution in [1.29, 1.82) is 0 Å². The molecule has 0 bridgehead atoms. The molecule has 0 radical (unpaired) electrons. The molecule has 0 spiro atoms. The molecular formula is C10H12BF4KO2. The van der Waals surface area contributed by atoms with Gasteiger partial charge in [-0.3, -0.25) is 0 Å². The molecule has 0 amide bonds. The molecule has 0 heterocycles. The SMILES string of the molecule is CCOCCOc1cc([B-](F)(F)F)ccc1F.[K+]. The maximum atomic E-state index is 13.1. The zero-order valence-corrected chi connectivity index (χ0v) is 13.4. The van der Waals surface area contributed by atoms with Crippen molar-refractivity contribution >= 4 is 12.4 Å². The van der Waals surface area contributed by atoms with Crippen LogP contribution in [0.15, 0.2) is 18.2 Å². The number of hydrogen-bond acceptors (Lipinski definition) is 2. The second kappa shape index (κ2) is 8.55. The van der Waals surface area contributed by atoms with Crippen LogP contribution in [-0.4, -0.2) is 26.8 Å². The van der Waals surface area contributed by atoms with Gasteiger partial charge < -0.3 is 22.4 Å². The van der Waals surface area contributed by atoms with Crippen molar-refractivity contribution < 1.29 is 78.2 Å². The third-order valence-electron chi connectivity index (χ3n) is 2.02. The van der Waals surface area contributed by atoms with Gasteiger partial charge in [-0.1, -0.05) is 6.07 Å². The average Bonchev–Trinajstić information content (AvgIpc) is 2.25. The predicted octanol–water partition coefficient (Wildman–Crippen LogP) is -0.701. The fourth-order valence-corrected chi connectivity index (χ4v) is 1.19. The van der Waals surface area contributed by atoms with Crippen molar-refractivity contribution in [3.63, 3.8) is 0 Å². The van der Waals surface area contributed by atoms with Crippen LogP contribution in [0.1, 0.15) is 6.92 Å². The Labute approximate surface area is 146 Å². The number of ether oxygens (including phenoxy) is 2. The van der Waals surface area contributed by atoms with Crippen LogP contribution in [0.5, 0.6) is 5.75 Å². The maximum absolute atomic E-state index is 13.1. The van der Waals surface area contributed by atoms with E-state index in [1.807, 2.05) is 0 Å². The summed E-state index contributed by atoms with van der Waals surface area (Å²) in [5.41, 5.74) is -0.877. The molecule has 96 valence electrons.